The molecule has 0 saturated carbocycles. The number of nitrogens with one attached hydrogen (secondary N) is 1. The first-order valence-corrected chi connectivity index (χ1v) is 8.42. The van der Waals surface area contributed by atoms with Crippen LogP contribution in [0.3, 0.4) is 0 Å². The number of nitrogens with zero attached hydrogens (tertiary/aromatic N) is 3. The molecule has 0 atom stereocenters. The summed E-state index contributed by atoms with van der Waals surface area (Å²) in [7, 11) is 0. The molecule has 0 spiro atoms. The van der Waals surface area contributed by atoms with Crippen molar-refractivity contribution in [2.75, 3.05) is 5.32 Å². The average Bonchev–Trinajstić information content (AvgIpc) is 3.10. The zero-order valence-corrected chi connectivity index (χ0v) is 13.1. The molecule has 1 N–H and O–H groups in total. The van der Waals surface area contributed by atoms with Crippen molar-refractivity contribution in [3.63, 3.8) is 0 Å². The Morgan fingerprint density at radius 2 is 2.25 bits per heavy atom. The number of thiazole rings is 1. The second kappa shape index (κ2) is 5.96. The lowest BCUT2D eigenvalue weighted by Gasteiger charge is -1.97. The van der Waals surface area contributed by atoms with Gasteiger partial charge < -0.3 is 5.32 Å². The Balaban J connectivity index is 1.66. The van der Waals surface area contributed by atoms with E-state index in [4.69, 9.17) is 11.6 Å². The fourth-order valence-electron chi connectivity index (χ4n) is 1.49. The average molecular weight is 343 g/mol. The molecule has 9 heteroatoms. The fourth-order valence-corrected chi connectivity index (χ4v) is 3.88. The van der Waals surface area contributed by atoms with Gasteiger partial charge in [0.25, 0.3) is 0 Å². The van der Waals surface area contributed by atoms with Crippen molar-refractivity contribution in [1.82, 2.24) is 15.2 Å². The molecular weight excluding hydrogens is 336 g/mol. The summed E-state index contributed by atoms with van der Waals surface area (Å²) in [6, 6.07) is 3.77. The number of amides is 1. The van der Waals surface area contributed by atoms with Crippen molar-refractivity contribution in [2.24, 2.45) is 0 Å². The van der Waals surface area contributed by atoms with Crippen LogP contribution in [0.1, 0.15) is 5.69 Å². The molecule has 5 nitrogen and oxygen atoms in total. The third kappa shape index (κ3) is 3.21. The van der Waals surface area contributed by atoms with E-state index < -0.39 is 0 Å². The fraction of sp³-hybridized carbons (Fsp3) is 0.0909. The van der Waals surface area contributed by atoms with E-state index in [2.05, 4.69) is 20.5 Å². The molecule has 20 heavy (non-hydrogen) atoms. The molecule has 102 valence electrons. The zero-order valence-electron chi connectivity index (χ0n) is 9.87. The first-order chi connectivity index (χ1) is 9.70. The second-order valence-electron chi connectivity index (χ2n) is 3.72. The zero-order chi connectivity index (χ0) is 13.9. The van der Waals surface area contributed by atoms with E-state index in [0.717, 1.165) is 19.9 Å². The van der Waals surface area contributed by atoms with Crippen LogP contribution in [0.5, 0.6) is 0 Å². The van der Waals surface area contributed by atoms with Gasteiger partial charge >= 0.3 is 0 Å². The maximum Gasteiger partial charge on any atom is 0.232 e. The summed E-state index contributed by atoms with van der Waals surface area (Å²) < 4.78 is 0.728. The number of thiophene rings is 1. The normalized spacial score (nSPS) is 10.7. The number of aromatic nitrogens is 3. The minimum absolute atomic E-state index is 0.150. The van der Waals surface area contributed by atoms with Gasteiger partial charge in [0.2, 0.25) is 11.0 Å². The molecule has 1 amide bonds. The van der Waals surface area contributed by atoms with Crippen LogP contribution >= 0.6 is 45.6 Å². The monoisotopic (exact) mass is 342 g/mol. The third-order valence-corrected chi connectivity index (χ3v) is 5.18. The smallest absolute Gasteiger partial charge is 0.232 e. The van der Waals surface area contributed by atoms with Gasteiger partial charge in [0.1, 0.15) is 10.5 Å². The van der Waals surface area contributed by atoms with Crippen molar-refractivity contribution >= 4 is 56.7 Å². The molecule has 0 aromatic carbocycles. The third-order valence-electron chi connectivity index (χ3n) is 2.28. The van der Waals surface area contributed by atoms with Gasteiger partial charge in [-0.1, -0.05) is 22.9 Å². The number of halogens is 1. The predicted molar refractivity (Wildman–Crippen MR) is 82.7 cm³/mol. The molecule has 3 aromatic heterocycles. The molecule has 0 saturated heterocycles. The lowest BCUT2D eigenvalue weighted by atomic mass is 10.3. The highest BCUT2D eigenvalue weighted by atomic mass is 35.5. The highest BCUT2D eigenvalue weighted by molar-refractivity contribution is 7.23. The van der Waals surface area contributed by atoms with E-state index in [-0.39, 0.29) is 12.3 Å². The van der Waals surface area contributed by atoms with Crippen molar-refractivity contribution in [3.05, 3.63) is 33.1 Å². The molecule has 0 aliphatic heterocycles. The van der Waals surface area contributed by atoms with Crippen LogP contribution in [0.2, 0.25) is 4.34 Å². The van der Waals surface area contributed by atoms with Crippen LogP contribution in [0, 0.1) is 0 Å². The van der Waals surface area contributed by atoms with Crippen LogP contribution in [-0.2, 0) is 11.2 Å². The van der Waals surface area contributed by atoms with E-state index in [1.54, 1.807) is 5.51 Å². The van der Waals surface area contributed by atoms with Gasteiger partial charge in [-0.3, -0.25) is 4.79 Å². The Morgan fingerprint density at radius 1 is 1.35 bits per heavy atom. The van der Waals surface area contributed by atoms with Gasteiger partial charge in [-0.15, -0.1) is 32.9 Å². The maximum absolute atomic E-state index is 11.8. The first kappa shape index (κ1) is 13.6. The maximum atomic E-state index is 11.8. The Kier molecular flexibility index (Phi) is 4.06. The van der Waals surface area contributed by atoms with Crippen molar-refractivity contribution < 1.29 is 4.79 Å². The molecule has 3 heterocycles. The van der Waals surface area contributed by atoms with Crippen LogP contribution in [0.4, 0.5) is 5.13 Å². The number of rotatable bonds is 4. The summed E-state index contributed by atoms with van der Waals surface area (Å²) in [5.74, 6) is -0.150. The SMILES string of the molecule is O=C(Cc1csc(-c2ccc(Cl)s2)n1)Nc1nncs1. The topological polar surface area (TPSA) is 67.8 Å². The number of carbonyl (C=O) groups excluding carboxylic acids is 1. The molecular formula is C11H7ClN4OS3. The molecule has 0 bridgehead atoms. The summed E-state index contributed by atoms with van der Waals surface area (Å²) in [6.07, 6.45) is 0.217. The van der Waals surface area contributed by atoms with Gasteiger partial charge in [0.15, 0.2) is 0 Å². The second-order valence-corrected chi connectivity index (χ2v) is 7.12. The van der Waals surface area contributed by atoms with Gasteiger partial charge in [0.05, 0.1) is 21.3 Å². The molecule has 0 aliphatic rings. The minimum atomic E-state index is -0.150. The molecule has 0 radical (unpaired) electrons. The lowest BCUT2D eigenvalue weighted by molar-refractivity contribution is -0.115. The summed E-state index contributed by atoms with van der Waals surface area (Å²) in [5, 5.41) is 13.3. The molecule has 0 fully saturated rings. The van der Waals surface area contributed by atoms with Crippen molar-refractivity contribution in [1.29, 1.82) is 0 Å². The molecule has 0 aliphatic carbocycles. The van der Waals surface area contributed by atoms with Crippen LogP contribution in [-0.4, -0.2) is 21.1 Å². The lowest BCUT2D eigenvalue weighted by Crippen LogP contribution is -2.14. The van der Waals surface area contributed by atoms with E-state index in [0.29, 0.717) is 5.13 Å². The highest BCUT2D eigenvalue weighted by Crippen LogP contribution is 2.32. The molecule has 3 rings (SSSR count). The summed E-state index contributed by atoms with van der Waals surface area (Å²) in [5.41, 5.74) is 2.30. The van der Waals surface area contributed by atoms with E-state index in [1.807, 2.05) is 17.5 Å². The van der Waals surface area contributed by atoms with E-state index in [9.17, 15) is 4.79 Å². The van der Waals surface area contributed by atoms with Crippen molar-refractivity contribution in [2.45, 2.75) is 6.42 Å². The van der Waals surface area contributed by atoms with Crippen molar-refractivity contribution in [3.8, 4) is 9.88 Å². The first-order valence-electron chi connectivity index (χ1n) is 5.47. The summed E-state index contributed by atoms with van der Waals surface area (Å²) in [4.78, 5) is 17.3. The number of anilines is 1. The molecule has 3 aromatic rings. The number of hydrogen-bond donors (Lipinski definition) is 1. The van der Waals surface area contributed by atoms with Gasteiger partial charge in [-0.2, -0.15) is 0 Å². The van der Waals surface area contributed by atoms with Gasteiger partial charge in [0, 0.05) is 5.38 Å². The Morgan fingerprint density at radius 3 is 2.95 bits per heavy atom. The highest BCUT2D eigenvalue weighted by Gasteiger charge is 2.11. The standard InChI is InChI=1S/C11H7ClN4OS3/c12-8-2-1-7(20-8)10-14-6(4-18-10)3-9(17)15-11-16-13-5-19-11/h1-2,4-5H,3H2,(H,15,16,17). The quantitative estimate of drug-likeness (QED) is 0.787. The Labute approximate surface area is 131 Å². The van der Waals surface area contributed by atoms with Gasteiger partial charge in [-0.05, 0) is 12.1 Å². The summed E-state index contributed by atoms with van der Waals surface area (Å²) >= 11 is 10.2. The Bertz CT molecular complexity index is 722. The largest absolute Gasteiger partial charge is 0.300 e. The van der Waals surface area contributed by atoms with Crippen LogP contribution in [0.15, 0.2) is 23.0 Å². The number of hydrogen-bond acceptors (Lipinski definition) is 7. The predicted octanol–water partition coefficient (Wildman–Crippen LogP) is 3.56. The van der Waals surface area contributed by atoms with E-state index in [1.165, 1.54) is 34.0 Å². The van der Waals surface area contributed by atoms with Gasteiger partial charge in [-0.25, -0.2) is 4.98 Å². The summed E-state index contributed by atoms with van der Waals surface area (Å²) in [6.45, 7) is 0. The molecule has 0 unspecified atom stereocenters. The number of carbonyl (C=O) groups is 1. The van der Waals surface area contributed by atoms with Crippen LogP contribution in [0.25, 0.3) is 9.88 Å². The van der Waals surface area contributed by atoms with Crippen LogP contribution < -0.4 is 5.32 Å². The minimum Gasteiger partial charge on any atom is -0.300 e. The Hall–Kier alpha value is -1.35. The van der Waals surface area contributed by atoms with E-state index >= 15 is 0 Å².